The van der Waals surface area contributed by atoms with Crippen LogP contribution in [0.4, 0.5) is 4.79 Å². The number of carboxylic acids is 1. The number of carbonyl (C=O) groups excluding carboxylic acids is 2. The lowest BCUT2D eigenvalue weighted by atomic mass is 10.1. The van der Waals surface area contributed by atoms with E-state index in [1.807, 2.05) is 6.92 Å². The first-order valence-corrected chi connectivity index (χ1v) is 5.93. The highest BCUT2D eigenvalue weighted by atomic mass is 16.5. The zero-order chi connectivity index (χ0) is 14.7. The third-order valence-corrected chi connectivity index (χ3v) is 2.20. The third-order valence-electron chi connectivity index (χ3n) is 2.20. The van der Waals surface area contributed by atoms with E-state index in [0.717, 1.165) is 0 Å². The lowest BCUT2D eigenvalue weighted by molar-refractivity contribution is -0.142. The standard InChI is InChI=1S/C11H20N2O6/c1-3-19-7-6-12-11(17)13-8(10(15)16)4-5-9(14)18-2/h8H,3-7H2,1-2H3,(H,15,16)(H2,12,13,17)/t8-/m0/s1. The van der Waals surface area contributed by atoms with Gasteiger partial charge in [-0.1, -0.05) is 0 Å². The minimum Gasteiger partial charge on any atom is -0.480 e. The summed E-state index contributed by atoms with van der Waals surface area (Å²) in [6.07, 6.45) is -0.104. The van der Waals surface area contributed by atoms with Crippen molar-refractivity contribution in [1.82, 2.24) is 10.6 Å². The Morgan fingerprint density at radius 1 is 1.32 bits per heavy atom. The second-order valence-corrected chi connectivity index (χ2v) is 3.60. The van der Waals surface area contributed by atoms with E-state index in [4.69, 9.17) is 9.84 Å². The number of methoxy groups -OCH3 is 1. The van der Waals surface area contributed by atoms with Crippen LogP contribution in [0.25, 0.3) is 0 Å². The van der Waals surface area contributed by atoms with Crippen LogP contribution in [0, 0.1) is 0 Å². The van der Waals surface area contributed by atoms with E-state index in [1.165, 1.54) is 7.11 Å². The molecule has 8 heteroatoms. The zero-order valence-electron chi connectivity index (χ0n) is 11.1. The minimum atomic E-state index is -1.20. The van der Waals surface area contributed by atoms with Gasteiger partial charge in [0, 0.05) is 19.6 Å². The molecule has 0 aliphatic rings. The molecule has 0 aromatic heterocycles. The molecule has 0 spiro atoms. The van der Waals surface area contributed by atoms with Gasteiger partial charge in [-0.2, -0.15) is 0 Å². The van der Waals surface area contributed by atoms with Gasteiger partial charge in [-0.15, -0.1) is 0 Å². The molecule has 8 nitrogen and oxygen atoms in total. The van der Waals surface area contributed by atoms with E-state index in [1.54, 1.807) is 0 Å². The average Bonchev–Trinajstić information content (AvgIpc) is 2.38. The van der Waals surface area contributed by atoms with Crippen molar-refractivity contribution < 1.29 is 29.0 Å². The molecular weight excluding hydrogens is 256 g/mol. The average molecular weight is 276 g/mol. The van der Waals surface area contributed by atoms with E-state index in [2.05, 4.69) is 15.4 Å². The molecule has 0 aliphatic carbocycles. The van der Waals surface area contributed by atoms with Crippen molar-refractivity contribution in [1.29, 1.82) is 0 Å². The molecule has 0 bridgehead atoms. The molecule has 0 fully saturated rings. The first-order valence-electron chi connectivity index (χ1n) is 5.93. The summed E-state index contributed by atoms with van der Waals surface area (Å²) < 4.78 is 9.41. The summed E-state index contributed by atoms with van der Waals surface area (Å²) in [5, 5.41) is 13.6. The van der Waals surface area contributed by atoms with Crippen molar-refractivity contribution in [2.75, 3.05) is 26.9 Å². The van der Waals surface area contributed by atoms with Gasteiger partial charge in [0.15, 0.2) is 0 Å². The molecule has 0 aromatic carbocycles. The highest BCUT2D eigenvalue weighted by Gasteiger charge is 2.20. The predicted octanol–water partition coefficient (Wildman–Crippen LogP) is -0.271. The SMILES string of the molecule is CCOCCNC(=O)N[C@@H](CCC(=O)OC)C(=O)O. The van der Waals surface area contributed by atoms with E-state index in [-0.39, 0.29) is 19.4 Å². The lowest BCUT2D eigenvalue weighted by Crippen LogP contribution is -2.46. The summed E-state index contributed by atoms with van der Waals surface area (Å²) in [4.78, 5) is 33.2. The Morgan fingerprint density at radius 3 is 2.53 bits per heavy atom. The van der Waals surface area contributed by atoms with Crippen LogP contribution in [0.5, 0.6) is 0 Å². The van der Waals surface area contributed by atoms with Crippen molar-refractivity contribution in [3.8, 4) is 0 Å². The van der Waals surface area contributed by atoms with Gasteiger partial charge in [0.1, 0.15) is 6.04 Å². The number of rotatable bonds is 9. The van der Waals surface area contributed by atoms with E-state index < -0.39 is 24.0 Å². The van der Waals surface area contributed by atoms with Gasteiger partial charge in [0.2, 0.25) is 0 Å². The Labute approximate surface area is 111 Å². The first kappa shape index (κ1) is 17.2. The molecular formula is C11H20N2O6. The number of carboxylic acid groups (broad SMARTS) is 1. The number of amides is 2. The zero-order valence-corrected chi connectivity index (χ0v) is 11.1. The number of urea groups is 1. The Morgan fingerprint density at radius 2 is 2.00 bits per heavy atom. The summed E-state index contributed by atoms with van der Waals surface area (Å²) in [5.74, 6) is -1.73. The molecule has 2 amide bonds. The molecule has 0 unspecified atom stereocenters. The van der Waals surface area contributed by atoms with Crippen LogP contribution < -0.4 is 10.6 Å². The van der Waals surface area contributed by atoms with Gasteiger partial charge in [-0.25, -0.2) is 9.59 Å². The molecule has 3 N–H and O–H groups in total. The molecule has 0 aromatic rings. The molecule has 0 saturated carbocycles. The third kappa shape index (κ3) is 8.83. The molecule has 0 saturated heterocycles. The summed E-state index contributed by atoms with van der Waals surface area (Å²) in [6, 6.07) is -1.75. The largest absolute Gasteiger partial charge is 0.480 e. The van der Waals surface area contributed by atoms with Crippen LogP contribution in [0.15, 0.2) is 0 Å². The fourth-order valence-electron chi connectivity index (χ4n) is 1.21. The number of aliphatic carboxylic acids is 1. The van der Waals surface area contributed by atoms with E-state index >= 15 is 0 Å². The molecule has 0 radical (unpaired) electrons. The number of ether oxygens (including phenoxy) is 2. The Kier molecular flexibility index (Phi) is 9.15. The highest BCUT2D eigenvalue weighted by Crippen LogP contribution is 1.99. The maximum absolute atomic E-state index is 11.4. The predicted molar refractivity (Wildman–Crippen MR) is 65.7 cm³/mol. The number of carbonyl (C=O) groups is 3. The van der Waals surface area contributed by atoms with Gasteiger partial charge >= 0.3 is 18.0 Å². The fourth-order valence-corrected chi connectivity index (χ4v) is 1.21. The van der Waals surface area contributed by atoms with Crippen LogP contribution in [-0.2, 0) is 19.1 Å². The summed E-state index contributed by atoms with van der Waals surface area (Å²) in [5.41, 5.74) is 0. The smallest absolute Gasteiger partial charge is 0.326 e. The fraction of sp³-hybridized carbons (Fsp3) is 0.727. The van der Waals surface area contributed by atoms with Gasteiger partial charge in [0.25, 0.3) is 0 Å². The quantitative estimate of drug-likeness (QED) is 0.394. The van der Waals surface area contributed by atoms with Crippen molar-refractivity contribution in [2.24, 2.45) is 0 Å². The summed E-state index contributed by atoms with van der Waals surface area (Å²) >= 11 is 0. The van der Waals surface area contributed by atoms with Gasteiger partial charge in [-0.05, 0) is 13.3 Å². The monoisotopic (exact) mass is 276 g/mol. The molecule has 0 heterocycles. The van der Waals surface area contributed by atoms with Gasteiger partial charge in [-0.3, -0.25) is 4.79 Å². The van der Waals surface area contributed by atoms with Crippen LogP contribution in [0.1, 0.15) is 19.8 Å². The number of nitrogens with one attached hydrogen (secondary N) is 2. The Hall–Kier alpha value is -1.83. The molecule has 0 aliphatic heterocycles. The van der Waals surface area contributed by atoms with Crippen molar-refractivity contribution in [3.05, 3.63) is 0 Å². The van der Waals surface area contributed by atoms with Crippen molar-refractivity contribution in [2.45, 2.75) is 25.8 Å². The number of hydrogen-bond donors (Lipinski definition) is 3. The second kappa shape index (κ2) is 10.1. The Bertz CT molecular complexity index is 308. The van der Waals surface area contributed by atoms with Gasteiger partial charge in [0.05, 0.1) is 13.7 Å². The molecule has 0 rings (SSSR count). The summed E-state index contributed by atoms with van der Waals surface area (Å²) in [7, 11) is 1.21. The lowest BCUT2D eigenvalue weighted by Gasteiger charge is -2.14. The second-order valence-electron chi connectivity index (χ2n) is 3.60. The molecule has 1 atom stereocenters. The number of esters is 1. The first-order chi connectivity index (χ1) is 9.01. The van der Waals surface area contributed by atoms with Crippen LogP contribution in [0.3, 0.4) is 0 Å². The topological polar surface area (TPSA) is 114 Å². The highest BCUT2D eigenvalue weighted by molar-refractivity contribution is 5.83. The van der Waals surface area contributed by atoms with E-state index in [0.29, 0.717) is 13.2 Å². The van der Waals surface area contributed by atoms with Gasteiger partial charge < -0.3 is 25.2 Å². The van der Waals surface area contributed by atoms with E-state index in [9.17, 15) is 14.4 Å². The number of hydrogen-bond acceptors (Lipinski definition) is 5. The van der Waals surface area contributed by atoms with Crippen LogP contribution in [0.2, 0.25) is 0 Å². The normalized spacial score (nSPS) is 11.5. The Balaban J connectivity index is 4.01. The maximum Gasteiger partial charge on any atom is 0.326 e. The van der Waals surface area contributed by atoms with Crippen LogP contribution in [-0.4, -0.2) is 56.0 Å². The maximum atomic E-state index is 11.4. The summed E-state index contributed by atoms with van der Waals surface area (Å²) in [6.45, 7) is 3.00. The van der Waals surface area contributed by atoms with Crippen molar-refractivity contribution in [3.63, 3.8) is 0 Å². The molecule has 110 valence electrons. The molecule has 19 heavy (non-hydrogen) atoms. The minimum absolute atomic E-state index is 0.0269. The van der Waals surface area contributed by atoms with Crippen molar-refractivity contribution >= 4 is 18.0 Å². The van der Waals surface area contributed by atoms with Crippen LogP contribution >= 0.6 is 0 Å².